The van der Waals surface area contributed by atoms with Crippen LogP contribution in [0.1, 0.15) is 42.1 Å². The van der Waals surface area contributed by atoms with Crippen LogP contribution >= 0.6 is 11.8 Å². The lowest BCUT2D eigenvalue weighted by Crippen LogP contribution is -2.25. The van der Waals surface area contributed by atoms with Gasteiger partial charge in [-0.2, -0.15) is 0 Å². The smallest absolute Gasteiger partial charge is 0.251 e. The minimum atomic E-state index is 0.0140. The quantitative estimate of drug-likeness (QED) is 0.373. The molecule has 0 saturated heterocycles. The van der Waals surface area contributed by atoms with Gasteiger partial charge in [0.1, 0.15) is 5.82 Å². The Labute approximate surface area is 188 Å². The van der Waals surface area contributed by atoms with Gasteiger partial charge < -0.3 is 10.2 Å². The van der Waals surface area contributed by atoms with Gasteiger partial charge in [-0.25, -0.2) is 9.97 Å². The predicted molar refractivity (Wildman–Crippen MR) is 128 cm³/mol. The number of hydrogen-bond donors (Lipinski definition) is 1. The molecule has 0 radical (unpaired) electrons. The number of nitrogens with zero attached hydrogens (tertiary/aromatic N) is 3. The van der Waals surface area contributed by atoms with Crippen LogP contribution in [-0.2, 0) is 5.75 Å². The van der Waals surface area contributed by atoms with E-state index in [1.807, 2.05) is 42.5 Å². The number of rotatable bonds is 9. The highest BCUT2D eigenvalue weighted by atomic mass is 32.2. The predicted octanol–water partition coefficient (Wildman–Crippen LogP) is 5.17. The van der Waals surface area contributed by atoms with E-state index in [-0.39, 0.29) is 5.91 Å². The molecular weight excluding hydrogens is 404 g/mol. The molecule has 1 amide bonds. The molecule has 1 aromatic heterocycles. The van der Waals surface area contributed by atoms with Crippen molar-refractivity contribution in [2.24, 2.45) is 0 Å². The zero-order chi connectivity index (χ0) is 21.6. The van der Waals surface area contributed by atoms with Crippen LogP contribution in [0.25, 0.3) is 11.3 Å². The zero-order valence-electron chi connectivity index (χ0n) is 18.0. The normalized spacial score (nSPS) is 13.1. The maximum Gasteiger partial charge on any atom is 0.251 e. The Kier molecular flexibility index (Phi) is 6.87. The maximum atomic E-state index is 12.4. The molecule has 0 unspecified atom stereocenters. The Morgan fingerprint density at radius 2 is 1.90 bits per heavy atom. The van der Waals surface area contributed by atoms with Crippen molar-refractivity contribution >= 4 is 23.5 Å². The molecule has 31 heavy (non-hydrogen) atoms. The fourth-order valence-electron chi connectivity index (χ4n) is 3.33. The van der Waals surface area contributed by atoms with Crippen LogP contribution in [0.5, 0.6) is 0 Å². The molecule has 0 bridgehead atoms. The molecular formula is C25H28N4OS. The van der Waals surface area contributed by atoms with E-state index in [2.05, 4.69) is 42.4 Å². The molecule has 0 spiro atoms. The van der Waals surface area contributed by atoms with Crippen molar-refractivity contribution in [2.45, 2.75) is 43.1 Å². The van der Waals surface area contributed by atoms with E-state index in [1.54, 1.807) is 11.8 Å². The lowest BCUT2D eigenvalue weighted by molar-refractivity contribution is 0.0951. The van der Waals surface area contributed by atoms with E-state index in [0.717, 1.165) is 53.6 Å². The Bertz CT molecular complexity index is 1040. The highest BCUT2D eigenvalue weighted by molar-refractivity contribution is 7.98. The summed E-state index contributed by atoms with van der Waals surface area (Å²) in [6.07, 6.45) is 3.23. The monoisotopic (exact) mass is 432 g/mol. The maximum absolute atomic E-state index is 12.4. The summed E-state index contributed by atoms with van der Waals surface area (Å²) < 4.78 is 0. The standard InChI is InChI=1S/C25H28N4OS/c1-3-14-29(2)23-16-22(19-9-5-4-6-10-19)27-25(28-23)31-17-18-8-7-11-20(15-18)24(30)26-21-12-13-21/h4-11,15-16,21H,3,12-14,17H2,1-2H3,(H,26,30). The highest BCUT2D eigenvalue weighted by Gasteiger charge is 2.23. The number of benzene rings is 2. The van der Waals surface area contributed by atoms with Gasteiger partial charge in [-0.15, -0.1) is 0 Å². The fraction of sp³-hybridized carbons (Fsp3) is 0.320. The molecule has 1 heterocycles. The molecule has 4 rings (SSSR count). The average Bonchev–Trinajstić information content (AvgIpc) is 3.62. The molecule has 0 atom stereocenters. The molecule has 5 nitrogen and oxygen atoms in total. The lowest BCUT2D eigenvalue weighted by Gasteiger charge is -2.18. The summed E-state index contributed by atoms with van der Waals surface area (Å²) in [5.74, 6) is 1.65. The molecule has 3 aromatic rings. The van der Waals surface area contributed by atoms with Crippen LogP contribution in [0.3, 0.4) is 0 Å². The Hall–Kier alpha value is -2.86. The second-order valence-electron chi connectivity index (χ2n) is 7.92. The first-order chi connectivity index (χ1) is 15.1. The molecule has 6 heteroatoms. The topological polar surface area (TPSA) is 58.1 Å². The SMILES string of the molecule is CCCN(C)c1cc(-c2ccccc2)nc(SCc2cccc(C(=O)NC3CC3)c2)n1. The van der Waals surface area contributed by atoms with E-state index in [1.165, 1.54) is 0 Å². The van der Waals surface area contributed by atoms with Gasteiger partial charge in [0, 0.05) is 42.6 Å². The van der Waals surface area contributed by atoms with Gasteiger partial charge in [0.15, 0.2) is 5.16 Å². The third-order valence-electron chi connectivity index (χ3n) is 5.18. The molecule has 2 aromatic carbocycles. The summed E-state index contributed by atoms with van der Waals surface area (Å²) in [5, 5.41) is 3.80. The Balaban J connectivity index is 1.53. The Morgan fingerprint density at radius 1 is 1.10 bits per heavy atom. The molecule has 1 aliphatic carbocycles. The van der Waals surface area contributed by atoms with Gasteiger partial charge in [-0.05, 0) is 37.0 Å². The van der Waals surface area contributed by atoms with E-state index < -0.39 is 0 Å². The van der Waals surface area contributed by atoms with Gasteiger partial charge in [-0.3, -0.25) is 4.79 Å². The van der Waals surface area contributed by atoms with E-state index >= 15 is 0 Å². The molecule has 1 fully saturated rings. The van der Waals surface area contributed by atoms with Gasteiger partial charge in [0.05, 0.1) is 5.69 Å². The number of nitrogens with one attached hydrogen (secondary N) is 1. The molecule has 1 aliphatic rings. The van der Waals surface area contributed by atoms with Crippen LogP contribution < -0.4 is 10.2 Å². The van der Waals surface area contributed by atoms with E-state index in [0.29, 0.717) is 17.4 Å². The van der Waals surface area contributed by atoms with Crippen LogP contribution in [0.4, 0.5) is 5.82 Å². The first kappa shape index (κ1) is 21.4. The van der Waals surface area contributed by atoms with E-state index in [4.69, 9.17) is 9.97 Å². The van der Waals surface area contributed by atoms with Crippen molar-refractivity contribution in [1.29, 1.82) is 0 Å². The number of anilines is 1. The number of carbonyl (C=O) groups is 1. The second kappa shape index (κ2) is 9.96. The summed E-state index contributed by atoms with van der Waals surface area (Å²) in [4.78, 5) is 24.1. The first-order valence-corrected chi connectivity index (χ1v) is 11.8. The molecule has 0 aliphatic heterocycles. The number of hydrogen-bond acceptors (Lipinski definition) is 5. The van der Waals surface area contributed by atoms with Crippen LogP contribution in [0.2, 0.25) is 0 Å². The number of carbonyl (C=O) groups excluding carboxylic acids is 1. The van der Waals surface area contributed by atoms with Crippen molar-refractivity contribution in [3.63, 3.8) is 0 Å². The minimum absolute atomic E-state index is 0.0140. The average molecular weight is 433 g/mol. The Morgan fingerprint density at radius 3 is 2.65 bits per heavy atom. The van der Waals surface area contributed by atoms with Crippen LogP contribution in [0.15, 0.2) is 65.8 Å². The number of thioether (sulfide) groups is 1. The van der Waals surface area contributed by atoms with E-state index in [9.17, 15) is 4.79 Å². The lowest BCUT2D eigenvalue weighted by atomic mass is 10.1. The van der Waals surface area contributed by atoms with Gasteiger partial charge in [-0.1, -0.05) is 61.2 Å². The summed E-state index contributed by atoms with van der Waals surface area (Å²) in [6.45, 7) is 3.10. The van der Waals surface area contributed by atoms with Crippen molar-refractivity contribution in [2.75, 3.05) is 18.5 Å². The van der Waals surface area contributed by atoms with Gasteiger partial charge in [0.2, 0.25) is 0 Å². The zero-order valence-corrected chi connectivity index (χ0v) is 18.9. The first-order valence-electron chi connectivity index (χ1n) is 10.8. The van der Waals surface area contributed by atoms with Gasteiger partial charge >= 0.3 is 0 Å². The number of amides is 1. The summed E-state index contributed by atoms with van der Waals surface area (Å²) in [7, 11) is 2.07. The second-order valence-corrected chi connectivity index (χ2v) is 8.86. The minimum Gasteiger partial charge on any atom is -0.360 e. The molecule has 1 N–H and O–H groups in total. The van der Waals surface area contributed by atoms with Crippen molar-refractivity contribution in [3.05, 3.63) is 71.8 Å². The fourth-order valence-corrected chi connectivity index (χ4v) is 4.12. The summed E-state index contributed by atoms with van der Waals surface area (Å²) in [6, 6.07) is 20.4. The van der Waals surface area contributed by atoms with Crippen molar-refractivity contribution < 1.29 is 4.79 Å². The largest absolute Gasteiger partial charge is 0.360 e. The number of aromatic nitrogens is 2. The third kappa shape index (κ3) is 5.85. The molecule has 160 valence electrons. The summed E-state index contributed by atoms with van der Waals surface area (Å²) >= 11 is 1.60. The van der Waals surface area contributed by atoms with Crippen LogP contribution in [0, 0.1) is 0 Å². The highest BCUT2D eigenvalue weighted by Crippen LogP contribution is 2.27. The van der Waals surface area contributed by atoms with Crippen LogP contribution in [-0.4, -0.2) is 35.5 Å². The molecule has 1 saturated carbocycles. The van der Waals surface area contributed by atoms with Crippen molar-refractivity contribution in [3.8, 4) is 11.3 Å². The van der Waals surface area contributed by atoms with Crippen molar-refractivity contribution in [1.82, 2.24) is 15.3 Å². The summed E-state index contributed by atoms with van der Waals surface area (Å²) in [5.41, 5.74) is 3.81. The third-order valence-corrected chi connectivity index (χ3v) is 6.10. The van der Waals surface area contributed by atoms with Gasteiger partial charge in [0.25, 0.3) is 5.91 Å².